The van der Waals surface area contributed by atoms with Crippen molar-refractivity contribution in [2.75, 3.05) is 12.8 Å². The van der Waals surface area contributed by atoms with Crippen LogP contribution in [0.25, 0.3) is 0 Å². The maximum absolute atomic E-state index is 12.8. The lowest BCUT2D eigenvalue weighted by molar-refractivity contribution is -0.137. The Kier molecular flexibility index (Phi) is 4.65. The molecule has 0 aromatic heterocycles. The molecule has 7 heteroatoms. The number of alkyl halides is 3. The number of halogens is 3. The average molecular weight is 333 g/mol. The summed E-state index contributed by atoms with van der Waals surface area (Å²) in [6, 6.07) is 4.94. The van der Waals surface area contributed by atoms with Gasteiger partial charge in [0, 0.05) is 28.9 Å². The molecule has 2 rings (SSSR count). The Bertz CT molecular complexity index is 597. The first-order valence-corrected chi connectivity index (χ1v) is 8.57. The van der Waals surface area contributed by atoms with Crippen LogP contribution >= 0.6 is 0 Å². The normalized spacial score (nSPS) is 19.3. The minimum absolute atomic E-state index is 0.193. The molecule has 1 amide bonds. The van der Waals surface area contributed by atoms with Crippen LogP contribution in [0.3, 0.4) is 0 Å². The first-order valence-electron chi connectivity index (χ1n) is 6.95. The SMILES string of the molecule is CC(CNC(=O)C1(c2cccc(C(F)(F)F)c2)CC1)S(C)=O. The Morgan fingerprint density at radius 2 is 2.05 bits per heavy atom. The van der Waals surface area contributed by atoms with Crippen molar-refractivity contribution in [1.82, 2.24) is 5.32 Å². The number of amides is 1. The lowest BCUT2D eigenvalue weighted by Crippen LogP contribution is -2.39. The minimum Gasteiger partial charge on any atom is -0.354 e. The molecule has 0 spiro atoms. The van der Waals surface area contributed by atoms with Gasteiger partial charge in [-0.1, -0.05) is 18.2 Å². The van der Waals surface area contributed by atoms with Gasteiger partial charge in [0.15, 0.2) is 0 Å². The number of hydrogen-bond acceptors (Lipinski definition) is 2. The molecule has 3 nitrogen and oxygen atoms in total. The Morgan fingerprint density at radius 1 is 1.41 bits per heavy atom. The van der Waals surface area contributed by atoms with Crippen LogP contribution < -0.4 is 5.32 Å². The van der Waals surface area contributed by atoms with Gasteiger partial charge in [0.25, 0.3) is 0 Å². The van der Waals surface area contributed by atoms with Crippen molar-refractivity contribution in [1.29, 1.82) is 0 Å². The van der Waals surface area contributed by atoms with Crippen molar-refractivity contribution in [2.45, 2.75) is 36.6 Å². The zero-order valence-electron chi connectivity index (χ0n) is 12.4. The third kappa shape index (κ3) is 3.51. The second-order valence-electron chi connectivity index (χ2n) is 5.68. The molecule has 22 heavy (non-hydrogen) atoms. The molecule has 0 heterocycles. The fraction of sp³-hybridized carbons (Fsp3) is 0.533. The summed E-state index contributed by atoms with van der Waals surface area (Å²) in [4.78, 5) is 12.3. The molecule has 2 atom stereocenters. The number of carbonyl (C=O) groups excluding carboxylic acids is 1. The molecule has 1 aromatic rings. The molecule has 0 bridgehead atoms. The van der Waals surface area contributed by atoms with E-state index in [9.17, 15) is 22.2 Å². The van der Waals surface area contributed by atoms with E-state index in [1.807, 2.05) is 0 Å². The van der Waals surface area contributed by atoms with Crippen molar-refractivity contribution in [3.05, 3.63) is 35.4 Å². The Labute approximate surface area is 129 Å². The smallest absolute Gasteiger partial charge is 0.354 e. The molecule has 1 fully saturated rings. The van der Waals surface area contributed by atoms with Crippen molar-refractivity contribution >= 4 is 16.7 Å². The van der Waals surface area contributed by atoms with Gasteiger partial charge in [-0.25, -0.2) is 0 Å². The fourth-order valence-electron chi connectivity index (χ4n) is 2.29. The second-order valence-corrected chi connectivity index (χ2v) is 7.48. The quantitative estimate of drug-likeness (QED) is 0.900. The third-order valence-corrected chi connectivity index (χ3v) is 5.34. The van der Waals surface area contributed by atoms with Gasteiger partial charge in [0.2, 0.25) is 5.91 Å². The Hall–Kier alpha value is -1.37. The van der Waals surface area contributed by atoms with E-state index in [0.717, 1.165) is 12.1 Å². The maximum Gasteiger partial charge on any atom is 0.416 e. The molecule has 0 radical (unpaired) electrons. The molecule has 2 unspecified atom stereocenters. The van der Waals surface area contributed by atoms with Crippen LogP contribution in [-0.2, 0) is 27.2 Å². The molecule has 1 N–H and O–H groups in total. The number of hydrogen-bond donors (Lipinski definition) is 1. The fourth-order valence-corrected chi connectivity index (χ4v) is 2.61. The van der Waals surface area contributed by atoms with Crippen LogP contribution in [-0.4, -0.2) is 28.2 Å². The van der Waals surface area contributed by atoms with E-state index in [4.69, 9.17) is 0 Å². The maximum atomic E-state index is 12.8. The summed E-state index contributed by atoms with van der Waals surface area (Å²) in [5.74, 6) is -0.288. The molecule has 1 aliphatic rings. The van der Waals surface area contributed by atoms with E-state index in [2.05, 4.69) is 5.32 Å². The van der Waals surface area contributed by atoms with Crippen molar-refractivity contribution in [3.8, 4) is 0 Å². The van der Waals surface area contributed by atoms with E-state index in [0.29, 0.717) is 18.4 Å². The number of benzene rings is 1. The van der Waals surface area contributed by atoms with E-state index >= 15 is 0 Å². The molecule has 1 aliphatic carbocycles. The van der Waals surface area contributed by atoms with Gasteiger partial charge in [-0.05, 0) is 31.4 Å². The van der Waals surface area contributed by atoms with Gasteiger partial charge in [-0.15, -0.1) is 0 Å². The average Bonchev–Trinajstić information content (AvgIpc) is 3.25. The highest BCUT2D eigenvalue weighted by Crippen LogP contribution is 2.49. The summed E-state index contributed by atoms with van der Waals surface area (Å²) in [6.07, 6.45) is -1.81. The third-order valence-electron chi connectivity index (χ3n) is 4.04. The standard InChI is InChI=1S/C15H18F3NO2S/c1-10(22(2)21)9-19-13(20)14(6-7-14)11-4-3-5-12(8-11)15(16,17)18/h3-5,8,10H,6-7,9H2,1-2H3,(H,19,20). The van der Waals surface area contributed by atoms with Crippen molar-refractivity contribution < 1.29 is 22.2 Å². The van der Waals surface area contributed by atoms with E-state index < -0.39 is 28.0 Å². The second kappa shape index (κ2) is 6.02. The Balaban J connectivity index is 2.14. The lowest BCUT2D eigenvalue weighted by Gasteiger charge is -2.18. The van der Waals surface area contributed by atoms with Crippen LogP contribution in [0.2, 0.25) is 0 Å². The molecular weight excluding hydrogens is 315 g/mol. The molecule has 1 saturated carbocycles. The highest BCUT2D eigenvalue weighted by Gasteiger charge is 2.51. The highest BCUT2D eigenvalue weighted by atomic mass is 32.2. The van der Waals surface area contributed by atoms with Gasteiger partial charge in [-0.3, -0.25) is 9.00 Å². The number of nitrogens with one attached hydrogen (secondary N) is 1. The number of rotatable bonds is 5. The molecule has 122 valence electrons. The van der Waals surface area contributed by atoms with Crippen LogP contribution in [0.15, 0.2) is 24.3 Å². The zero-order valence-corrected chi connectivity index (χ0v) is 13.2. The number of carbonyl (C=O) groups is 1. The van der Waals surface area contributed by atoms with Crippen LogP contribution in [0.5, 0.6) is 0 Å². The van der Waals surface area contributed by atoms with Gasteiger partial charge in [0.1, 0.15) is 0 Å². The predicted octanol–water partition coefficient (Wildman–Crippen LogP) is 2.62. The van der Waals surface area contributed by atoms with Gasteiger partial charge in [0.05, 0.1) is 11.0 Å². The van der Waals surface area contributed by atoms with Crippen molar-refractivity contribution in [3.63, 3.8) is 0 Å². The first kappa shape index (κ1) is 17.0. The summed E-state index contributed by atoms with van der Waals surface area (Å²) in [5.41, 5.74) is -1.21. The predicted molar refractivity (Wildman–Crippen MR) is 78.9 cm³/mol. The van der Waals surface area contributed by atoms with Gasteiger partial charge in [-0.2, -0.15) is 13.2 Å². The van der Waals surface area contributed by atoms with E-state index in [1.54, 1.807) is 19.2 Å². The molecule has 1 aromatic carbocycles. The molecule has 0 aliphatic heterocycles. The monoisotopic (exact) mass is 333 g/mol. The van der Waals surface area contributed by atoms with Crippen LogP contribution in [0.4, 0.5) is 13.2 Å². The first-order chi connectivity index (χ1) is 10.2. The summed E-state index contributed by atoms with van der Waals surface area (Å²) >= 11 is 0. The van der Waals surface area contributed by atoms with E-state index in [-0.39, 0.29) is 17.7 Å². The summed E-state index contributed by atoms with van der Waals surface area (Å²) in [6.45, 7) is 2.00. The summed E-state index contributed by atoms with van der Waals surface area (Å²) in [7, 11) is -1.06. The van der Waals surface area contributed by atoms with E-state index in [1.165, 1.54) is 6.07 Å². The summed E-state index contributed by atoms with van der Waals surface area (Å²) in [5, 5.41) is 2.52. The Morgan fingerprint density at radius 3 is 2.55 bits per heavy atom. The van der Waals surface area contributed by atoms with Gasteiger partial charge >= 0.3 is 6.18 Å². The molecule has 0 saturated heterocycles. The molecular formula is C15H18F3NO2S. The zero-order chi connectivity index (χ0) is 16.5. The topological polar surface area (TPSA) is 46.2 Å². The largest absolute Gasteiger partial charge is 0.416 e. The highest BCUT2D eigenvalue weighted by molar-refractivity contribution is 7.84. The minimum atomic E-state index is -4.42. The van der Waals surface area contributed by atoms with Crippen molar-refractivity contribution in [2.24, 2.45) is 0 Å². The summed E-state index contributed by atoms with van der Waals surface area (Å²) < 4.78 is 49.6. The van der Waals surface area contributed by atoms with Crippen LogP contribution in [0.1, 0.15) is 30.9 Å². The van der Waals surface area contributed by atoms with Gasteiger partial charge < -0.3 is 5.32 Å². The van der Waals surface area contributed by atoms with Crippen LogP contribution in [0, 0.1) is 0 Å². The lowest BCUT2D eigenvalue weighted by atomic mass is 9.93.